The van der Waals surface area contributed by atoms with Crippen molar-refractivity contribution in [3.05, 3.63) is 51.4 Å². The molecular formula is C12H12N4O4. The van der Waals surface area contributed by atoms with Crippen LogP contribution in [-0.2, 0) is 6.54 Å². The Bertz CT molecular complexity index is 665. The van der Waals surface area contributed by atoms with Gasteiger partial charge in [0, 0.05) is 17.8 Å². The predicted octanol–water partition coefficient (Wildman–Crippen LogP) is 1.40. The van der Waals surface area contributed by atoms with Gasteiger partial charge in [0.25, 0.3) is 11.6 Å². The Kier molecular flexibility index (Phi) is 3.65. The summed E-state index contributed by atoms with van der Waals surface area (Å²) in [4.78, 5) is 22.2. The van der Waals surface area contributed by atoms with Crippen LogP contribution in [0.1, 0.15) is 21.8 Å². The van der Waals surface area contributed by atoms with E-state index in [0.717, 1.165) is 0 Å². The van der Waals surface area contributed by atoms with Crippen LogP contribution in [0.4, 0.5) is 11.4 Å². The highest BCUT2D eigenvalue weighted by atomic mass is 16.6. The second-order valence-electron chi connectivity index (χ2n) is 4.15. The second-order valence-corrected chi connectivity index (χ2v) is 4.15. The third kappa shape index (κ3) is 2.91. The Balaban J connectivity index is 2.16. The van der Waals surface area contributed by atoms with Crippen LogP contribution in [-0.4, -0.2) is 16.0 Å². The third-order valence-electron chi connectivity index (χ3n) is 2.57. The molecule has 1 aromatic heterocycles. The van der Waals surface area contributed by atoms with Gasteiger partial charge in [-0.05, 0) is 19.1 Å². The summed E-state index contributed by atoms with van der Waals surface area (Å²) < 4.78 is 4.85. The summed E-state index contributed by atoms with van der Waals surface area (Å²) in [5, 5.41) is 17.1. The fourth-order valence-electron chi connectivity index (χ4n) is 1.66. The van der Waals surface area contributed by atoms with E-state index in [1.807, 2.05) is 0 Å². The van der Waals surface area contributed by atoms with Gasteiger partial charge in [-0.1, -0.05) is 5.16 Å². The van der Waals surface area contributed by atoms with Crippen LogP contribution in [0.3, 0.4) is 0 Å². The summed E-state index contributed by atoms with van der Waals surface area (Å²) in [6, 6.07) is 5.50. The van der Waals surface area contributed by atoms with Crippen molar-refractivity contribution in [1.82, 2.24) is 10.5 Å². The van der Waals surface area contributed by atoms with Gasteiger partial charge in [0.05, 0.1) is 11.5 Å². The Morgan fingerprint density at radius 2 is 2.25 bits per heavy atom. The SMILES string of the molecule is Cc1cc(CNC(=O)c2cc(N)ccc2[N+](=O)[O-])no1. The maximum absolute atomic E-state index is 12.0. The minimum atomic E-state index is -0.630. The molecule has 0 atom stereocenters. The number of nitrogens with two attached hydrogens (primary N) is 1. The van der Waals surface area contributed by atoms with E-state index in [4.69, 9.17) is 10.3 Å². The van der Waals surface area contributed by atoms with E-state index in [2.05, 4.69) is 10.5 Å². The number of benzene rings is 1. The first-order valence-corrected chi connectivity index (χ1v) is 5.71. The summed E-state index contributed by atoms with van der Waals surface area (Å²) in [7, 11) is 0. The number of amides is 1. The smallest absolute Gasteiger partial charge is 0.282 e. The van der Waals surface area contributed by atoms with Gasteiger partial charge in [-0.25, -0.2) is 0 Å². The Morgan fingerprint density at radius 3 is 2.85 bits per heavy atom. The number of carbonyl (C=O) groups is 1. The molecule has 0 saturated heterocycles. The number of rotatable bonds is 4. The van der Waals surface area contributed by atoms with Crippen LogP contribution in [0.5, 0.6) is 0 Å². The Hall–Kier alpha value is -2.90. The number of aromatic nitrogens is 1. The first kappa shape index (κ1) is 13.5. The molecule has 8 nitrogen and oxygen atoms in total. The molecule has 0 aliphatic carbocycles. The minimum absolute atomic E-state index is 0.0878. The van der Waals surface area contributed by atoms with Crippen LogP contribution in [0.25, 0.3) is 0 Å². The van der Waals surface area contributed by atoms with E-state index >= 15 is 0 Å². The molecule has 0 bridgehead atoms. The first-order chi connectivity index (χ1) is 9.47. The summed E-state index contributed by atoms with van der Waals surface area (Å²) in [6.45, 7) is 1.84. The van der Waals surface area contributed by atoms with E-state index < -0.39 is 10.8 Å². The van der Waals surface area contributed by atoms with Crippen molar-refractivity contribution in [2.24, 2.45) is 0 Å². The lowest BCUT2D eigenvalue weighted by molar-refractivity contribution is -0.385. The second kappa shape index (κ2) is 5.39. The number of anilines is 1. The number of hydrogen-bond acceptors (Lipinski definition) is 6. The summed E-state index contributed by atoms with van der Waals surface area (Å²) in [5.74, 6) is 0.0221. The van der Waals surface area contributed by atoms with Crippen LogP contribution in [0.2, 0.25) is 0 Å². The van der Waals surface area contributed by atoms with Gasteiger partial charge in [0.2, 0.25) is 0 Å². The highest BCUT2D eigenvalue weighted by Gasteiger charge is 2.20. The van der Waals surface area contributed by atoms with Gasteiger partial charge in [-0.15, -0.1) is 0 Å². The average Bonchev–Trinajstić information content (AvgIpc) is 2.81. The molecule has 0 spiro atoms. The van der Waals surface area contributed by atoms with Gasteiger partial charge >= 0.3 is 0 Å². The zero-order valence-corrected chi connectivity index (χ0v) is 10.6. The number of nitro benzene ring substituents is 1. The molecule has 104 valence electrons. The van der Waals surface area contributed by atoms with Crippen molar-refractivity contribution in [1.29, 1.82) is 0 Å². The number of aryl methyl sites for hydroxylation is 1. The topological polar surface area (TPSA) is 124 Å². The Morgan fingerprint density at radius 1 is 1.50 bits per heavy atom. The van der Waals surface area contributed by atoms with Crippen molar-refractivity contribution in [2.75, 3.05) is 5.73 Å². The van der Waals surface area contributed by atoms with E-state index in [0.29, 0.717) is 11.5 Å². The fraction of sp³-hybridized carbons (Fsp3) is 0.167. The first-order valence-electron chi connectivity index (χ1n) is 5.71. The highest BCUT2D eigenvalue weighted by Crippen LogP contribution is 2.21. The van der Waals surface area contributed by atoms with Gasteiger partial charge in [-0.2, -0.15) is 0 Å². The summed E-state index contributed by atoms with van der Waals surface area (Å²) in [5.41, 5.74) is 5.97. The maximum Gasteiger partial charge on any atom is 0.282 e. The van der Waals surface area contributed by atoms with Crippen molar-refractivity contribution in [3.63, 3.8) is 0 Å². The number of carbonyl (C=O) groups excluding carboxylic acids is 1. The van der Waals surface area contributed by atoms with Gasteiger partial charge < -0.3 is 15.6 Å². The lowest BCUT2D eigenvalue weighted by Crippen LogP contribution is -2.24. The molecule has 0 aliphatic heterocycles. The number of nitrogens with zero attached hydrogens (tertiary/aromatic N) is 2. The standard InChI is InChI=1S/C12H12N4O4/c1-7-4-9(15-20-7)6-14-12(17)10-5-8(13)2-3-11(10)16(18)19/h2-5H,6,13H2,1H3,(H,14,17). The molecule has 2 rings (SSSR count). The van der Waals surface area contributed by atoms with Gasteiger partial charge in [0.1, 0.15) is 17.0 Å². The molecule has 0 aliphatic rings. The van der Waals surface area contributed by atoms with Crippen molar-refractivity contribution in [3.8, 4) is 0 Å². The van der Waals surface area contributed by atoms with Crippen LogP contribution in [0, 0.1) is 17.0 Å². The molecule has 3 N–H and O–H groups in total. The molecule has 1 heterocycles. The molecule has 0 fully saturated rings. The number of hydrogen-bond donors (Lipinski definition) is 2. The van der Waals surface area contributed by atoms with Crippen LogP contribution >= 0.6 is 0 Å². The van der Waals surface area contributed by atoms with Crippen molar-refractivity contribution in [2.45, 2.75) is 13.5 Å². The van der Waals surface area contributed by atoms with E-state index in [1.165, 1.54) is 18.2 Å². The molecule has 2 aromatic rings. The van der Waals surface area contributed by atoms with Gasteiger partial charge in [0.15, 0.2) is 0 Å². The third-order valence-corrected chi connectivity index (χ3v) is 2.57. The van der Waals surface area contributed by atoms with E-state index in [1.54, 1.807) is 13.0 Å². The van der Waals surface area contributed by atoms with Gasteiger partial charge in [-0.3, -0.25) is 14.9 Å². The van der Waals surface area contributed by atoms with Crippen LogP contribution in [0.15, 0.2) is 28.8 Å². The number of nitrogen functional groups attached to an aromatic ring is 1. The highest BCUT2D eigenvalue weighted by molar-refractivity contribution is 5.98. The normalized spacial score (nSPS) is 10.2. The molecule has 1 aromatic carbocycles. The molecule has 0 unspecified atom stereocenters. The fourth-order valence-corrected chi connectivity index (χ4v) is 1.66. The largest absolute Gasteiger partial charge is 0.399 e. The maximum atomic E-state index is 12.0. The van der Waals surface area contributed by atoms with Crippen LogP contribution < -0.4 is 11.1 Å². The molecule has 0 saturated carbocycles. The zero-order chi connectivity index (χ0) is 14.7. The lowest BCUT2D eigenvalue weighted by atomic mass is 10.1. The predicted molar refractivity (Wildman–Crippen MR) is 69.9 cm³/mol. The number of nitro groups is 1. The summed E-state index contributed by atoms with van der Waals surface area (Å²) >= 11 is 0. The summed E-state index contributed by atoms with van der Waals surface area (Å²) in [6.07, 6.45) is 0. The molecule has 8 heteroatoms. The van der Waals surface area contributed by atoms with E-state index in [-0.39, 0.29) is 23.5 Å². The molecule has 0 radical (unpaired) electrons. The van der Waals surface area contributed by atoms with E-state index in [9.17, 15) is 14.9 Å². The van der Waals surface area contributed by atoms with Crippen molar-refractivity contribution < 1.29 is 14.2 Å². The molecular weight excluding hydrogens is 264 g/mol. The average molecular weight is 276 g/mol. The monoisotopic (exact) mass is 276 g/mol. The lowest BCUT2D eigenvalue weighted by Gasteiger charge is -2.05. The number of nitrogens with one attached hydrogen (secondary N) is 1. The molecule has 20 heavy (non-hydrogen) atoms. The molecule has 1 amide bonds. The Labute approximate surface area is 113 Å². The van der Waals surface area contributed by atoms with Crippen molar-refractivity contribution >= 4 is 17.3 Å². The zero-order valence-electron chi connectivity index (χ0n) is 10.6. The minimum Gasteiger partial charge on any atom is -0.399 e. The quantitative estimate of drug-likeness (QED) is 0.494.